The van der Waals surface area contributed by atoms with Crippen LogP contribution in [0.4, 0.5) is 11.4 Å². The molecule has 1 aliphatic rings. The molecule has 1 heterocycles. The van der Waals surface area contributed by atoms with Crippen molar-refractivity contribution in [3.63, 3.8) is 0 Å². The maximum atomic E-state index is 11.1. The summed E-state index contributed by atoms with van der Waals surface area (Å²) in [5.74, 6) is 0.199. The predicted octanol–water partition coefficient (Wildman–Crippen LogP) is 1.11. The van der Waals surface area contributed by atoms with Gasteiger partial charge < -0.3 is 9.84 Å². The first-order valence-electron chi connectivity index (χ1n) is 5.62. The molecule has 0 saturated carbocycles. The van der Waals surface area contributed by atoms with Crippen molar-refractivity contribution in [1.82, 2.24) is 0 Å². The number of aliphatic hydroxyl groups excluding tert-OH is 1. The zero-order valence-electron chi connectivity index (χ0n) is 9.91. The van der Waals surface area contributed by atoms with Crippen molar-refractivity contribution in [3.8, 4) is 5.75 Å². The number of aliphatic hydroxyl groups is 1. The van der Waals surface area contributed by atoms with Crippen molar-refractivity contribution >= 4 is 11.4 Å². The first-order chi connectivity index (χ1) is 8.63. The molecule has 7 heteroatoms. The number of nitrogens with zero attached hydrogens (tertiary/aromatic N) is 2. The molecule has 1 saturated heterocycles. The van der Waals surface area contributed by atoms with Crippen molar-refractivity contribution < 1.29 is 19.6 Å². The zero-order chi connectivity index (χ0) is 13.1. The fourth-order valence-corrected chi connectivity index (χ4v) is 1.81. The summed E-state index contributed by atoms with van der Waals surface area (Å²) in [7, 11) is 0. The quantitative estimate of drug-likeness (QED) is 0.639. The zero-order valence-corrected chi connectivity index (χ0v) is 9.91. The van der Waals surface area contributed by atoms with E-state index in [1.165, 1.54) is 11.1 Å². The van der Waals surface area contributed by atoms with Gasteiger partial charge in [-0.3, -0.25) is 15.0 Å². The number of hydrogen-bond donors (Lipinski definition) is 1. The normalized spacial score (nSPS) is 19.0. The van der Waals surface area contributed by atoms with E-state index in [1.807, 2.05) is 0 Å². The minimum atomic E-state index is -0.639. The standard InChI is InChI=1S/C11H14N2O5/c1-2-17-10-5-3-4-9(11(10)13(15)16)12-6-8(14)7-18-12/h3-5,8,14H,2,6-7H2,1H3. The molecule has 1 aromatic rings. The van der Waals surface area contributed by atoms with Crippen LogP contribution >= 0.6 is 0 Å². The third-order valence-electron chi connectivity index (χ3n) is 2.53. The molecule has 1 aliphatic heterocycles. The number of hydrogen-bond acceptors (Lipinski definition) is 6. The number of β-amino-alcohol motifs (C(OH)–C–C–N with tert-alkyl or cyclic N) is 1. The van der Waals surface area contributed by atoms with E-state index < -0.39 is 11.0 Å². The van der Waals surface area contributed by atoms with Crippen LogP contribution in [-0.2, 0) is 4.84 Å². The van der Waals surface area contributed by atoms with Crippen LogP contribution in [-0.4, -0.2) is 35.9 Å². The largest absolute Gasteiger partial charge is 0.487 e. The van der Waals surface area contributed by atoms with E-state index >= 15 is 0 Å². The number of para-hydroxylation sites is 1. The lowest BCUT2D eigenvalue weighted by Gasteiger charge is -2.17. The highest BCUT2D eigenvalue weighted by Gasteiger charge is 2.30. The second-order valence-corrected chi connectivity index (χ2v) is 3.82. The molecule has 1 unspecified atom stereocenters. The van der Waals surface area contributed by atoms with E-state index in [0.717, 1.165) is 0 Å². The Hall–Kier alpha value is -1.86. The Kier molecular flexibility index (Phi) is 3.63. The second kappa shape index (κ2) is 5.19. The van der Waals surface area contributed by atoms with E-state index in [2.05, 4.69) is 0 Å². The first-order valence-corrected chi connectivity index (χ1v) is 5.62. The van der Waals surface area contributed by atoms with Crippen molar-refractivity contribution in [2.45, 2.75) is 13.0 Å². The van der Waals surface area contributed by atoms with Gasteiger partial charge in [-0.1, -0.05) is 6.07 Å². The molecule has 7 nitrogen and oxygen atoms in total. The maximum absolute atomic E-state index is 11.1. The van der Waals surface area contributed by atoms with Crippen LogP contribution in [0.3, 0.4) is 0 Å². The molecule has 0 aliphatic carbocycles. The maximum Gasteiger partial charge on any atom is 0.336 e. The highest BCUT2D eigenvalue weighted by atomic mass is 16.7. The summed E-state index contributed by atoms with van der Waals surface area (Å²) in [6, 6.07) is 4.76. The van der Waals surface area contributed by atoms with Gasteiger partial charge in [0.2, 0.25) is 0 Å². The number of rotatable bonds is 4. The molecule has 0 bridgehead atoms. The Bertz CT molecular complexity index is 451. The van der Waals surface area contributed by atoms with Crippen molar-refractivity contribution in [3.05, 3.63) is 28.3 Å². The fraction of sp³-hybridized carbons (Fsp3) is 0.455. The van der Waals surface area contributed by atoms with Gasteiger partial charge in [-0.15, -0.1) is 0 Å². The molecule has 0 aromatic heterocycles. The highest BCUT2D eigenvalue weighted by Crippen LogP contribution is 2.38. The Morgan fingerprint density at radius 1 is 1.67 bits per heavy atom. The third kappa shape index (κ3) is 2.36. The number of anilines is 1. The highest BCUT2D eigenvalue weighted by molar-refractivity contribution is 5.69. The fourth-order valence-electron chi connectivity index (χ4n) is 1.81. The molecule has 2 rings (SSSR count). The summed E-state index contributed by atoms with van der Waals surface area (Å²) in [6.45, 7) is 2.44. The van der Waals surface area contributed by atoms with E-state index in [9.17, 15) is 15.2 Å². The van der Waals surface area contributed by atoms with Crippen LogP contribution < -0.4 is 9.80 Å². The number of benzene rings is 1. The molecule has 0 amide bonds. The van der Waals surface area contributed by atoms with Crippen LogP contribution in [0.5, 0.6) is 5.75 Å². The van der Waals surface area contributed by atoms with Gasteiger partial charge in [0.25, 0.3) is 0 Å². The average Bonchev–Trinajstić information content (AvgIpc) is 2.75. The van der Waals surface area contributed by atoms with Crippen molar-refractivity contribution in [2.24, 2.45) is 0 Å². The lowest BCUT2D eigenvalue weighted by Crippen LogP contribution is -2.21. The van der Waals surface area contributed by atoms with Gasteiger partial charge in [-0.25, -0.2) is 5.06 Å². The molecule has 1 fully saturated rings. The van der Waals surface area contributed by atoms with Gasteiger partial charge in [0.05, 0.1) is 24.2 Å². The van der Waals surface area contributed by atoms with Gasteiger partial charge in [0.15, 0.2) is 5.75 Å². The van der Waals surface area contributed by atoms with Gasteiger partial charge in [-0.05, 0) is 19.1 Å². The van der Waals surface area contributed by atoms with Crippen LogP contribution in [0.25, 0.3) is 0 Å². The summed E-state index contributed by atoms with van der Waals surface area (Å²) in [5.41, 5.74) is 0.149. The molecular formula is C11H14N2O5. The third-order valence-corrected chi connectivity index (χ3v) is 2.53. The minimum Gasteiger partial charge on any atom is -0.487 e. The Morgan fingerprint density at radius 3 is 3.00 bits per heavy atom. The molecule has 0 radical (unpaired) electrons. The van der Waals surface area contributed by atoms with Crippen LogP contribution in [0.1, 0.15) is 6.92 Å². The summed E-state index contributed by atoms with van der Waals surface area (Å²) in [4.78, 5) is 15.8. The molecule has 98 valence electrons. The van der Waals surface area contributed by atoms with Gasteiger partial charge in [0.1, 0.15) is 12.3 Å². The predicted molar refractivity (Wildman–Crippen MR) is 63.6 cm³/mol. The van der Waals surface area contributed by atoms with E-state index in [4.69, 9.17) is 9.57 Å². The monoisotopic (exact) mass is 254 g/mol. The Balaban J connectivity index is 2.39. The van der Waals surface area contributed by atoms with E-state index in [-0.39, 0.29) is 24.6 Å². The Labute approximate surface area is 104 Å². The first kappa shape index (κ1) is 12.6. The molecule has 18 heavy (non-hydrogen) atoms. The molecule has 1 N–H and O–H groups in total. The van der Waals surface area contributed by atoms with Crippen LogP contribution in [0.15, 0.2) is 18.2 Å². The lowest BCUT2D eigenvalue weighted by molar-refractivity contribution is -0.385. The molecule has 1 aromatic carbocycles. The van der Waals surface area contributed by atoms with Crippen LogP contribution in [0.2, 0.25) is 0 Å². The van der Waals surface area contributed by atoms with Gasteiger partial charge >= 0.3 is 5.69 Å². The summed E-state index contributed by atoms with van der Waals surface area (Å²) in [6.07, 6.45) is -0.639. The topological polar surface area (TPSA) is 85.1 Å². The number of hydroxylamine groups is 1. The lowest BCUT2D eigenvalue weighted by atomic mass is 10.2. The number of ether oxygens (including phenoxy) is 1. The van der Waals surface area contributed by atoms with Crippen molar-refractivity contribution in [2.75, 3.05) is 24.8 Å². The Morgan fingerprint density at radius 2 is 2.44 bits per heavy atom. The minimum absolute atomic E-state index is 0.135. The molecule has 0 spiro atoms. The van der Waals surface area contributed by atoms with E-state index in [1.54, 1.807) is 19.1 Å². The van der Waals surface area contributed by atoms with Crippen molar-refractivity contribution in [1.29, 1.82) is 0 Å². The molecule has 1 atom stereocenters. The number of nitro benzene ring substituents is 1. The van der Waals surface area contributed by atoms with Gasteiger partial charge in [0, 0.05) is 0 Å². The van der Waals surface area contributed by atoms with E-state index in [0.29, 0.717) is 12.3 Å². The number of nitro groups is 1. The SMILES string of the molecule is CCOc1cccc(N2CC(O)CO2)c1[N+](=O)[O-]. The summed E-state index contributed by atoms with van der Waals surface area (Å²) in [5, 5.41) is 21.9. The molecular weight excluding hydrogens is 240 g/mol. The summed E-state index contributed by atoms with van der Waals surface area (Å²) >= 11 is 0. The van der Waals surface area contributed by atoms with Gasteiger partial charge in [-0.2, -0.15) is 0 Å². The summed E-state index contributed by atoms with van der Waals surface area (Å²) < 4.78 is 5.24. The van der Waals surface area contributed by atoms with Crippen LogP contribution in [0, 0.1) is 10.1 Å². The average molecular weight is 254 g/mol. The smallest absolute Gasteiger partial charge is 0.336 e. The second-order valence-electron chi connectivity index (χ2n) is 3.82.